The number of rotatable bonds is 5. The number of ether oxygens (including phenoxy) is 1. The molecule has 3 unspecified atom stereocenters. The van der Waals surface area contributed by atoms with Crippen LogP contribution in [-0.2, 0) is 4.74 Å². The average Bonchev–Trinajstić information content (AvgIpc) is 3.52. The average molecular weight is 457 g/mol. The van der Waals surface area contributed by atoms with Gasteiger partial charge in [0.1, 0.15) is 5.82 Å². The maximum Gasteiger partial charge on any atom is 0.170 e. The van der Waals surface area contributed by atoms with E-state index in [1.165, 1.54) is 6.07 Å². The van der Waals surface area contributed by atoms with Crippen molar-refractivity contribution in [3.05, 3.63) is 83.2 Å². The van der Waals surface area contributed by atoms with Crippen LogP contribution in [0.1, 0.15) is 36.3 Å². The first-order valence-corrected chi connectivity index (χ1v) is 11.1. The van der Waals surface area contributed by atoms with E-state index in [9.17, 15) is 4.39 Å². The molecule has 3 atom stereocenters. The highest BCUT2D eigenvalue weighted by Gasteiger charge is 2.42. The smallest absolute Gasteiger partial charge is 0.170 e. The molecule has 0 amide bonds. The molecule has 2 aromatic heterocycles. The van der Waals surface area contributed by atoms with Crippen molar-refractivity contribution in [3.63, 3.8) is 0 Å². The molecule has 8 heteroatoms. The summed E-state index contributed by atoms with van der Waals surface area (Å²) in [5.41, 5.74) is 2.72. The fourth-order valence-corrected chi connectivity index (χ4v) is 4.93. The van der Waals surface area contributed by atoms with E-state index < -0.39 is 5.82 Å². The van der Waals surface area contributed by atoms with E-state index >= 15 is 0 Å². The zero-order chi connectivity index (χ0) is 21.4. The van der Waals surface area contributed by atoms with Gasteiger partial charge in [-0.2, -0.15) is 0 Å². The Kier molecular flexibility index (Phi) is 5.65. The Bertz CT molecular complexity index is 1090. The van der Waals surface area contributed by atoms with Crippen LogP contribution in [0.15, 0.2) is 60.9 Å². The Labute approximate surface area is 190 Å². The minimum absolute atomic E-state index is 0.0923. The first kappa shape index (κ1) is 20.4. The number of pyridine rings is 1. The van der Waals surface area contributed by atoms with Crippen LogP contribution in [0.4, 0.5) is 4.39 Å². The van der Waals surface area contributed by atoms with Gasteiger partial charge in [-0.05, 0) is 67.5 Å². The van der Waals surface area contributed by atoms with Crippen LogP contribution in [0, 0.1) is 5.82 Å². The van der Waals surface area contributed by atoms with Gasteiger partial charge in [-0.15, -0.1) is 0 Å². The minimum Gasteiger partial charge on any atom is -0.376 e. The molecule has 5 rings (SSSR count). The van der Waals surface area contributed by atoms with Gasteiger partial charge in [0.15, 0.2) is 5.11 Å². The third kappa shape index (κ3) is 3.93. The van der Waals surface area contributed by atoms with Gasteiger partial charge in [0.2, 0.25) is 0 Å². The molecule has 2 aliphatic heterocycles. The Morgan fingerprint density at radius 3 is 2.87 bits per heavy atom. The summed E-state index contributed by atoms with van der Waals surface area (Å²) in [5, 5.41) is 4.25. The van der Waals surface area contributed by atoms with Crippen molar-refractivity contribution in [1.82, 2.24) is 19.8 Å². The fraction of sp³-hybridized carbons (Fsp3) is 0.304. The minimum atomic E-state index is -0.436. The summed E-state index contributed by atoms with van der Waals surface area (Å²) >= 11 is 11.8. The van der Waals surface area contributed by atoms with Crippen molar-refractivity contribution in [2.45, 2.75) is 31.0 Å². The topological polar surface area (TPSA) is 42.3 Å². The maximum atomic E-state index is 13.8. The number of hydrogen-bond donors (Lipinski definition) is 1. The predicted octanol–water partition coefficient (Wildman–Crippen LogP) is 4.82. The molecule has 2 fully saturated rings. The number of nitrogens with one attached hydrogen (secondary N) is 1. The predicted molar refractivity (Wildman–Crippen MR) is 122 cm³/mol. The molecule has 2 saturated heterocycles. The number of nitrogens with zero attached hydrogens (tertiary/aromatic N) is 3. The first-order chi connectivity index (χ1) is 15.1. The fourth-order valence-electron chi connectivity index (χ4n) is 4.44. The summed E-state index contributed by atoms with van der Waals surface area (Å²) in [6.45, 7) is 1.49. The number of thiocarbonyl (C=S) groups is 1. The lowest BCUT2D eigenvalue weighted by Gasteiger charge is -2.30. The van der Waals surface area contributed by atoms with Crippen molar-refractivity contribution in [2.75, 3.05) is 13.2 Å². The second-order valence-corrected chi connectivity index (χ2v) is 8.61. The van der Waals surface area contributed by atoms with Gasteiger partial charge in [0.05, 0.1) is 28.9 Å². The Morgan fingerprint density at radius 2 is 2.13 bits per heavy atom. The normalized spacial score (nSPS) is 23.4. The van der Waals surface area contributed by atoms with E-state index in [2.05, 4.69) is 21.3 Å². The Hall–Kier alpha value is -2.48. The van der Waals surface area contributed by atoms with Crippen molar-refractivity contribution in [1.29, 1.82) is 0 Å². The van der Waals surface area contributed by atoms with Crippen LogP contribution >= 0.6 is 23.8 Å². The van der Waals surface area contributed by atoms with Gasteiger partial charge in [-0.1, -0.05) is 17.7 Å². The maximum absolute atomic E-state index is 13.8. The van der Waals surface area contributed by atoms with E-state index in [0.717, 1.165) is 36.5 Å². The van der Waals surface area contributed by atoms with Crippen LogP contribution < -0.4 is 5.32 Å². The molecule has 160 valence electrons. The van der Waals surface area contributed by atoms with Gasteiger partial charge < -0.3 is 19.5 Å². The van der Waals surface area contributed by atoms with Crippen LogP contribution in [-0.4, -0.2) is 38.8 Å². The highest BCUT2D eigenvalue weighted by molar-refractivity contribution is 7.80. The van der Waals surface area contributed by atoms with Crippen LogP contribution in [0.2, 0.25) is 5.02 Å². The molecule has 1 N–H and O–H groups in total. The highest BCUT2D eigenvalue weighted by atomic mass is 35.5. The van der Waals surface area contributed by atoms with E-state index in [1.54, 1.807) is 18.3 Å². The van der Waals surface area contributed by atoms with Gasteiger partial charge in [0, 0.05) is 36.9 Å². The quantitative estimate of drug-likeness (QED) is 0.558. The molecule has 1 aromatic carbocycles. The second-order valence-electron chi connectivity index (χ2n) is 7.82. The third-order valence-corrected chi connectivity index (χ3v) is 6.53. The van der Waals surface area contributed by atoms with Gasteiger partial charge in [-0.25, -0.2) is 4.39 Å². The number of hydrogen-bond acceptors (Lipinski definition) is 3. The molecule has 3 aromatic rings. The van der Waals surface area contributed by atoms with Crippen molar-refractivity contribution in [2.24, 2.45) is 0 Å². The van der Waals surface area contributed by atoms with Gasteiger partial charge >= 0.3 is 0 Å². The van der Waals surface area contributed by atoms with Crippen LogP contribution in [0.3, 0.4) is 0 Å². The zero-order valence-electron chi connectivity index (χ0n) is 16.7. The molecule has 4 heterocycles. The van der Waals surface area contributed by atoms with E-state index in [1.807, 2.05) is 35.0 Å². The molecule has 0 aliphatic carbocycles. The summed E-state index contributed by atoms with van der Waals surface area (Å²) in [4.78, 5) is 6.79. The number of aromatic nitrogens is 2. The van der Waals surface area contributed by atoms with E-state index in [-0.39, 0.29) is 23.2 Å². The van der Waals surface area contributed by atoms with Crippen molar-refractivity contribution < 1.29 is 9.13 Å². The molecule has 5 nitrogen and oxygen atoms in total. The largest absolute Gasteiger partial charge is 0.376 e. The summed E-state index contributed by atoms with van der Waals surface area (Å²) in [6.07, 6.45) is 5.98. The summed E-state index contributed by atoms with van der Waals surface area (Å²) in [6, 6.07) is 14.5. The molecular formula is C23H22ClFN4OS. The molecule has 0 bridgehead atoms. The lowest BCUT2D eigenvalue weighted by Crippen LogP contribution is -2.36. The summed E-state index contributed by atoms with van der Waals surface area (Å²) in [7, 11) is 0. The van der Waals surface area contributed by atoms with Crippen LogP contribution in [0.5, 0.6) is 0 Å². The van der Waals surface area contributed by atoms with E-state index in [0.29, 0.717) is 11.7 Å². The van der Waals surface area contributed by atoms with E-state index in [4.69, 9.17) is 28.6 Å². The number of halogens is 2. The van der Waals surface area contributed by atoms with Crippen molar-refractivity contribution in [3.8, 4) is 5.69 Å². The molecular weight excluding hydrogens is 435 g/mol. The van der Waals surface area contributed by atoms with Crippen molar-refractivity contribution >= 4 is 28.9 Å². The molecule has 31 heavy (non-hydrogen) atoms. The molecule has 0 radical (unpaired) electrons. The zero-order valence-corrected chi connectivity index (χ0v) is 18.3. The number of benzene rings is 1. The third-order valence-electron chi connectivity index (χ3n) is 5.89. The van der Waals surface area contributed by atoms with Gasteiger partial charge in [-0.3, -0.25) is 4.98 Å². The monoisotopic (exact) mass is 456 g/mol. The van der Waals surface area contributed by atoms with Gasteiger partial charge in [0.25, 0.3) is 0 Å². The molecule has 0 spiro atoms. The lowest BCUT2D eigenvalue weighted by atomic mass is 10.0. The second kappa shape index (κ2) is 8.57. The molecule has 2 aliphatic rings. The molecule has 0 saturated carbocycles. The summed E-state index contributed by atoms with van der Waals surface area (Å²) in [5.74, 6) is -0.436. The Morgan fingerprint density at radius 1 is 1.23 bits per heavy atom. The SMILES string of the molecule is Fc1ccc(-n2cccc2C2C(c3ccccn3)NC(=S)N2CC2CCCO2)cc1Cl. The standard InChI is InChI=1S/C23H22ClFN4OS/c24-17-13-15(8-9-18(17)25)28-11-3-7-20(28)22-21(19-6-1-2-10-26-19)27-23(31)29(22)14-16-5-4-12-30-16/h1-3,6-11,13,16,21-22H,4-5,12,14H2,(H,27,31). The Balaban J connectivity index is 1.57. The first-order valence-electron chi connectivity index (χ1n) is 10.3. The lowest BCUT2D eigenvalue weighted by molar-refractivity contribution is 0.0836. The summed E-state index contributed by atoms with van der Waals surface area (Å²) < 4.78 is 21.7. The highest BCUT2D eigenvalue weighted by Crippen LogP contribution is 2.40. The van der Waals surface area contributed by atoms with Crippen LogP contribution in [0.25, 0.3) is 5.69 Å².